The second kappa shape index (κ2) is 10.1. The zero-order valence-electron chi connectivity index (χ0n) is 20.1. The summed E-state index contributed by atoms with van der Waals surface area (Å²) in [6.45, 7) is 0.131. The van der Waals surface area contributed by atoms with Gasteiger partial charge < -0.3 is 22.9 Å². The van der Waals surface area contributed by atoms with E-state index >= 15 is 0 Å². The average molecular weight is 552 g/mol. The zero-order chi connectivity index (χ0) is 27.8. The molecule has 1 N–H and O–H groups in total. The van der Waals surface area contributed by atoms with Gasteiger partial charge in [-0.25, -0.2) is 27.5 Å². The van der Waals surface area contributed by atoms with E-state index in [0.29, 0.717) is 0 Å². The van der Waals surface area contributed by atoms with Gasteiger partial charge in [0.25, 0.3) is 11.4 Å². The topological polar surface area (TPSA) is 117 Å². The van der Waals surface area contributed by atoms with Crippen molar-refractivity contribution in [2.75, 3.05) is 0 Å². The van der Waals surface area contributed by atoms with Crippen LogP contribution in [0.5, 0.6) is 11.8 Å². The van der Waals surface area contributed by atoms with Crippen LogP contribution in [-0.4, -0.2) is 29.4 Å². The zero-order valence-corrected chi connectivity index (χ0v) is 20.1. The Balaban J connectivity index is 1.15. The quantitative estimate of drug-likeness (QED) is 0.260. The molecule has 0 saturated carbocycles. The van der Waals surface area contributed by atoms with Crippen molar-refractivity contribution in [3.05, 3.63) is 112 Å². The minimum atomic E-state index is -0.914. The van der Waals surface area contributed by atoms with Crippen LogP contribution >= 0.6 is 0 Å². The van der Waals surface area contributed by atoms with Crippen LogP contribution in [0.25, 0.3) is 22.6 Å². The molecule has 0 atom stereocenters. The number of halogens is 4. The molecule has 6 rings (SSSR count). The summed E-state index contributed by atoms with van der Waals surface area (Å²) in [5, 5.41) is 5.70. The molecule has 0 fully saturated rings. The molecule has 10 nitrogen and oxygen atoms in total. The van der Waals surface area contributed by atoms with Gasteiger partial charge in [-0.3, -0.25) is 4.79 Å². The Labute approximate surface area is 221 Å². The minimum Gasteiger partial charge on any atom is -0.416 e. The van der Waals surface area contributed by atoms with Crippen LogP contribution in [0.2, 0.25) is 0 Å². The Morgan fingerprint density at radius 1 is 0.850 bits per heavy atom. The summed E-state index contributed by atoms with van der Waals surface area (Å²) in [5.74, 6) is -3.51. The fraction of sp³-hybridized carbons (Fsp3) is 0.0769. The molecule has 0 aliphatic heterocycles. The van der Waals surface area contributed by atoms with Crippen molar-refractivity contribution >= 4 is 0 Å². The lowest BCUT2D eigenvalue weighted by atomic mass is 10.1. The molecular weight excluding hydrogens is 536 g/mol. The van der Waals surface area contributed by atoms with Crippen LogP contribution < -0.4 is 10.3 Å². The second-order valence-corrected chi connectivity index (χ2v) is 8.69. The predicted octanol–water partition coefficient (Wildman–Crippen LogP) is 5.13. The fourth-order valence-corrected chi connectivity index (χ4v) is 4.06. The summed E-state index contributed by atoms with van der Waals surface area (Å²) in [4.78, 5) is 19.2. The van der Waals surface area contributed by atoms with Crippen LogP contribution in [-0.2, 0) is 13.1 Å². The Morgan fingerprint density at radius 3 is 2.40 bits per heavy atom. The van der Waals surface area contributed by atoms with Gasteiger partial charge in [0.1, 0.15) is 23.3 Å². The van der Waals surface area contributed by atoms with Gasteiger partial charge in [-0.2, -0.15) is 5.16 Å². The van der Waals surface area contributed by atoms with Gasteiger partial charge in [-0.15, -0.1) is 0 Å². The first kappa shape index (κ1) is 24.9. The summed E-state index contributed by atoms with van der Waals surface area (Å²) in [6.07, 6.45) is 7.46. The standard InChI is InChI=1S/C26H16F4N6O4/c27-17-6-16(18(28)5-15(17)10-35-2-1-31-12-35)21-8-24(34-39-21)38-25-11-36(13-32-25)9-14-3-19(29)26(20(30)4-14)22-7-23(37)33-40-22/h1-8,11-13H,9-10H2,(H,33,37). The summed E-state index contributed by atoms with van der Waals surface area (Å²) < 4.78 is 77.1. The first-order chi connectivity index (χ1) is 19.3. The molecule has 0 amide bonds. The number of benzene rings is 2. The molecule has 0 aliphatic carbocycles. The van der Waals surface area contributed by atoms with Gasteiger partial charge in [0.2, 0.25) is 5.88 Å². The van der Waals surface area contributed by atoms with E-state index in [2.05, 4.69) is 15.1 Å². The van der Waals surface area contributed by atoms with E-state index in [1.165, 1.54) is 35.7 Å². The van der Waals surface area contributed by atoms with Gasteiger partial charge in [-0.1, -0.05) is 0 Å². The number of H-pyrrole nitrogens is 1. The monoisotopic (exact) mass is 552 g/mol. The number of imidazole rings is 2. The summed E-state index contributed by atoms with van der Waals surface area (Å²) in [7, 11) is 0. The highest BCUT2D eigenvalue weighted by Crippen LogP contribution is 2.31. The Hall–Kier alpha value is -5.40. The number of nitrogens with zero attached hydrogens (tertiary/aromatic N) is 5. The lowest BCUT2D eigenvalue weighted by Crippen LogP contribution is -2.01. The van der Waals surface area contributed by atoms with Gasteiger partial charge in [0.15, 0.2) is 11.5 Å². The van der Waals surface area contributed by atoms with E-state index in [9.17, 15) is 22.4 Å². The highest BCUT2D eigenvalue weighted by Gasteiger charge is 2.19. The number of hydrogen-bond acceptors (Lipinski definition) is 7. The van der Waals surface area contributed by atoms with E-state index in [4.69, 9.17) is 13.8 Å². The molecule has 0 bridgehead atoms. The Morgan fingerprint density at radius 2 is 1.68 bits per heavy atom. The number of ether oxygens (including phenoxy) is 1. The summed E-state index contributed by atoms with van der Waals surface area (Å²) >= 11 is 0. The molecule has 0 radical (unpaired) electrons. The smallest absolute Gasteiger partial charge is 0.280 e. The first-order valence-electron chi connectivity index (χ1n) is 11.6. The molecule has 4 aromatic heterocycles. The SMILES string of the molecule is O=c1cc(-c2c(F)cc(Cn3cnc(Oc4cc(-c5cc(F)c(Cn6ccnc6)cc5F)on4)c3)cc2F)o[nH]1. The molecule has 2 aromatic carbocycles. The summed E-state index contributed by atoms with van der Waals surface area (Å²) in [6, 6.07) is 6.50. The Kier molecular flexibility index (Phi) is 6.26. The molecule has 40 heavy (non-hydrogen) atoms. The number of hydrogen-bond donors (Lipinski definition) is 1. The lowest BCUT2D eigenvalue weighted by molar-refractivity contribution is 0.366. The highest BCUT2D eigenvalue weighted by atomic mass is 19.1. The molecule has 14 heteroatoms. The van der Waals surface area contributed by atoms with E-state index in [0.717, 1.165) is 30.3 Å². The first-order valence-corrected chi connectivity index (χ1v) is 11.6. The third-order valence-corrected chi connectivity index (χ3v) is 5.86. The second-order valence-electron chi connectivity index (χ2n) is 8.69. The number of rotatable bonds is 8. The third-order valence-electron chi connectivity index (χ3n) is 5.86. The van der Waals surface area contributed by atoms with Crippen molar-refractivity contribution in [1.29, 1.82) is 0 Å². The molecule has 6 aromatic rings. The van der Waals surface area contributed by atoms with Gasteiger partial charge in [-0.05, 0) is 35.0 Å². The van der Waals surface area contributed by atoms with Crippen molar-refractivity contribution in [3.63, 3.8) is 0 Å². The maximum atomic E-state index is 14.8. The molecule has 202 valence electrons. The van der Waals surface area contributed by atoms with Gasteiger partial charge in [0, 0.05) is 24.5 Å². The maximum Gasteiger partial charge on any atom is 0.280 e. The highest BCUT2D eigenvalue weighted by molar-refractivity contribution is 5.60. The molecule has 0 saturated heterocycles. The predicted molar refractivity (Wildman–Crippen MR) is 129 cm³/mol. The van der Waals surface area contributed by atoms with Crippen LogP contribution in [0.3, 0.4) is 0 Å². The number of aromatic amines is 1. The minimum absolute atomic E-state index is 0.0293. The van der Waals surface area contributed by atoms with E-state index in [1.54, 1.807) is 10.8 Å². The molecule has 0 unspecified atom stereocenters. The number of aromatic nitrogens is 6. The van der Waals surface area contributed by atoms with E-state index < -0.39 is 34.4 Å². The van der Waals surface area contributed by atoms with Crippen molar-refractivity contribution in [1.82, 2.24) is 29.4 Å². The van der Waals surface area contributed by atoms with Crippen LogP contribution in [0.15, 0.2) is 81.5 Å². The third kappa shape index (κ3) is 5.01. The average Bonchev–Trinajstić information content (AvgIpc) is 3.71. The van der Waals surface area contributed by atoms with Gasteiger partial charge in [0.05, 0.1) is 48.7 Å². The lowest BCUT2D eigenvalue weighted by Gasteiger charge is -2.07. The van der Waals surface area contributed by atoms with Crippen LogP contribution in [0, 0.1) is 23.3 Å². The molecule has 4 heterocycles. The van der Waals surface area contributed by atoms with Gasteiger partial charge >= 0.3 is 0 Å². The van der Waals surface area contributed by atoms with Crippen molar-refractivity contribution in [2.45, 2.75) is 13.1 Å². The fourth-order valence-electron chi connectivity index (χ4n) is 4.06. The van der Waals surface area contributed by atoms with Crippen LogP contribution in [0.1, 0.15) is 11.1 Å². The van der Waals surface area contributed by atoms with Crippen molar-refractivity contribution < 1.29 is 31.3 Å². The van der Waals surface area contributed by atoms with Crippen LogP contribution in [0.4, 0.5) is 17.6 Å². The van der Waals surface area contributed by atoms with Crippen molar-refractivity contribution in [3.8, 4) is 34.4 Å². The molecule has 0 aliphatic rings. The largest absolute Gasteiger partial charge is 0.416 e. The Bertz CT molecular complexity index is 1850. The maximum absolute atomic E-state index is 14.8. The molecular formula is C26H16F4N6O4. The van der Waals surface area contributed by atoms with E-state index in [-0.39, 0.29) is 53.1 Å². The molecule has 0 spiro atoms. The van der Waals surface area contributed by atoms with Crippen molar-refractivity contribution in [2.24, 2.45) is 0 Å². The van der Waals surface area contributed by atoms with E-state index in [1.807, 2.05) is 5.16 Å². The normalized spacial score (nSPS) is 11.3. The number of nitrogens with one attached hydrogen (secondary N) is 1. The summed E-state index contributed by atoms with van der Waals surface area (Å²) in [5.41, 5.74) is -0.849.